The predicted octanol–water partition coefficient (Wildman–Crippen LogP) is 5.18. The zero-order valence-corrected chi connectivity index (χ0v) is 23.6. The second-order valence-electron chi connectivity index (χ2n) is 9.91. The molecule has 38 heavy (non-hydrogen) atoms. The molecule has 0 saturated carbocycles. The summed E-state index contributed by atoms with van der Waals surface area (Å²) < 4.78 is 20.6. The van der Waals surface area contributed by atoms with Gasteiger partial charge in [-0.1, -0.05) is 19.1 Å². The number of aromatic nitrogens is 4. The zero-order valence-electron chi connectivity index (χ0n) is 22.7. The van der Waals surface area contributed by atoms with E-state index >= 15 is 0 Å². The van der Waals surface area contributed by atoms with Gasteiger partial charge in [0.15, 0.2) is 0 Å². The van der Waals surface area contributed by atoms with E-state index in [1.165, 1.54) is 5.69 Å². The van der Waals surface area contributed by atoms with Crippen LogP contribution in [-0.2, 0) is 24.5 Å². The number of anilines is 5. The minimum absolute atomic E-state index is 0.435. The van der Waals surface area contributed by atoms with Crippen molar-refractivity contribution in [2.24, 2.45) is 7.05 Å². The number of likely N-dealkylation sites (N-methyl/N-ethyl adjacent to an activating group) is 1. The number of hydrogen-bond donors (Lipinski definition) is 2. The number of ether oxygens (including phenoxy) is 1. The molecule has 9 nitrogen and oxygen atoms in total. The van der Waals surface area contributed by atoms with Crippen molar-refractivity contribution >= 4 is 41.3 Å². The highest BCUT2D eigenvalue weighted by molar-refractivity contribution is 7.70. The lowest BCUT2D eigenvalue weighted by molar-refractivity contribution is 0.417. The smallest absolute Gasteiger partial charge is 0.229 e. The third-order valence-corrected chi connectivity index (χ3v) is 8.54. The van der Waals surface area contributed by atoms with Crippen LogP contribution in [0.3, 0.4) is 0 Å². The quantitative estimate of drug-likeness (QED) is 0.315. The molecule has 2 aromatic carbocycles. The fourth-order valence-corrected chi connectivity index (χ4v) is 6.03. The first kappa shape index (κ1) is 25.8. The molecule has 3 heterocycles. The van der Waals surface area contributed by atoms with Crippen LogP contribution in [0.25, 0.3) is 11.1 Å². The number of fused-ring (bicyclic) bond motifs is 3. The second-order valence-corrected chi connectivity index (χ2v) is 13.1. The van der Waals surface area contributed by atoms with Crippen molar-refractivity contribution in [1.82, 2.24) is 19.7 Å². The maximum Gasteiger partial charge on any atom is 0.229 e. The first-order valence-corrected chi connectivity index (χ1v) is 15.3. The summed E-state index contributed by atoms with van der Waals surface area (Å²) in [7, 11) is 3.26. The van der Waals surface area contributed by atoms with Crippen molar-refractivity contribution in [3.63, 3.8) is 0 Å². The molecule has 0 unspecified atom stereocenters. The molecule has 10 heteroatoms. The molecule has 2 aromatic heterocycles. The first-order valence-electron chi connectivity index (χ1n) is 12.7. The van der Waals surface area contributed by atoms with Crippen LogP contribution in [0, 0.1) is 0 Å². The highest BCUT2D eigenvalue weighted by Gasteiger charge is 2.24. The van der Waals surface area contributed by atoms with Crippen LogP contribution in [0.5, 0.6) is 5.75 Å². The Balaban J connectivity index is 1.55. The van der Waals surface area contributed by atoms with Gasteiger partial charge in [-0.25, -0.2) is 4.98 Å². The van der Waals surface area contributed by atoms with Gasteiger partial charge in [-0.15, -0.1) is 0 Å². The average molecular weight is 532 g/mol. The van der Waals surface area contributed by atoms with E-state index in [1.807, 2.05) is 48.4 Å². The molecule has 0 spiro atoms. The van der Waals surface area contributed by atoms with Gasteiger partial charge in [0.25, 0.3) is 0 Å². The number of benzene rings is 2. The monoisotopic (exact) mass is 531 g/mol. The lowest BCUT2D eigenvalue weighted by Gasteiger charge is -2.22. The first-order chi connectivity index (χ1) is 18.2. The molecule has 0 radical (unpaired) electrons. The van der Waals surface area contributed by atoms with Gasteiger partial charge in [0.2, 0.25) is 5.95 Å². The maximum atomic E-state index is 12.9. The Kier molecular flexibility index (Phi) is 6.88. The third-order valence-electron chi connectivity index (χ3n) is 6.99. The van der Waals surface area contributed by atoms with Crippen LogP contribution in [0.1, 0.15) is 18.2 Å². The van der Waals surface area contributed by atoms with Crippen molar-refractivity contribution in [2.45, 2.75) is 19.8 Å². The highest BCUT2D eigenvalue weighted by atomic mass is 31.2. The summed E-state index contributed by atoms with van der Waals surface area (Å²) in [6.45, 7) is 6.49. The number of methoxy groups -OCH3 is 1. The highest BCUT2D eigenvalue weighted by Crippen LogP contribution is 2.43. The number of rotatable bonds is 7. The standard InChI is InChI=1S/C28H34N7O2P/c1-7-18-16-29-28(33-27(18)31-21-10-8-9-11-26(21)38(5,6)36)32-22-14-19-20-17-30-35(3)23(20)12-13-34(2)24(19)15-25(22)37-4/h8-11,14-17H,7,12-13H2,1-6H3,(H2,29,31,32,33). The summed E-state index contributed by atoms with van der Waals surface area (Å²) in [4.78, 5) is 11.7. The topological polar surface area (TPSA) is 97.2 Å². The number of aryl methyl sites for hydroxylation is 2. The van der Waals surface area contributed by atoms with Gasteiger partial charge < -0.3 is 24.8 Å². The Hall–Kier alpha value is -3.84. The molecular formula is C28H34N7O2P. The van der Waals surface area contributed by atoms with E-state index in [9.17, 15) is 4.57 Å². The van der Waals surface area contributed by atoms with Crippen LogP contribution in [0.15, 0.2) is 48.8 Å². The molecule has 0 saturated heterocycles. The van der Waals surface area contributed by atoms with Crippen LogP contribution < -0.4 is 25.6 Å². The molecule has 5 rings (SSSR count). The molecule has 0 aliphatic carbocycles. The van der Waals surface area contributed by atoms with Crippen LogP contribution >= 0.6 is 7.14 Å². The number of para-hydroxylation sites is 1. The Morgan fingerprint density at radius 2 is 1.84 bits per heavy atom. The number of nitrogens with one attached hydrogen (secondary N) is 2. The van der Waals surface area contributed by atoms with Crippen molar-refractivity contribution in [3.8, 4) is 16.9 Å². The van der Waals surface area contributed by atoms with Gasteiger partial charge in [0, 0.05) is 72.7 Å². The van der Waals surface area contributed by atoms with Crippen molar-refractivity contribution in [3.05, 3.63) is 60.0 Å². The summed E-state index contributed by atoms with van der Waals surface area (Å²) >= 11 is 0. The third kappa shape index (κ3) is 4.86. The van der Waals surface area contributed by atoms with E-state index in [4.69, 9.17) is 9.72 Å². The molecular weight excluding hydrogens is 497 g/mol. The lowest BCUT2D eigenvalue weighted by Crippen LogP contribution is -2.20. The van der Waals surface area contributed by atoms with E-state index in [0.717, 1.165) is 58.4 Å². The molecule has 0 atom stereocenters. The van der Waals surface area contributed by atoms with E-state index < -0.39 is 7.14 Å². The molecule has 198 valence electrons. The van der Waals surface area contributed by atoms with E-state index in [2.05, 4.69) is 51.7 Å². The molecule has 2 N–H and O–H groups in total. The van der Waals surface area contributed by atoms with Gasteiger partial charge in [0.1, 0.15) is 18.7 Å². The molecule has 0 bridgehead atoms. The van der Waals surface area contributed by atoms with E-state index in [0.29, 0.717) is 17.5 Å². The Bertz CT molecular complexity index is 1540. The SMILES string of the molecule is CCc1cnc(Nc2cc3c(cc2OC)N(C)CCc2c-3cnn2C)nc1Nc1ccccc1P(C)(C)=O. The molecule has 0 amide bonds. The Labute approximate surface area is 223 Å². The normalized spacial score (nSPS) is 12.9. The molecule has 1 aliphatic heterocycles. The minimum Gasteiger partial charge on any atom is -0.494 e. The van der Waals surface area contributed by atoms with Crippen LogP contribution in [0.2, 0.25) is 0 Å². The number of nitrogens with zero attached hydrogens (tertiary/aromatic N) is 5. The Morgan fingerprint density at radius 3 is 2.58 bits per heavy atom. The van der Waals surface area contributed by atoms with Crippen molar-refractivity contribution < 1.29 is 9.30 Å². The minimum atomic E-state index is -2.49. The molecule has 1 aliphatic rings. The van der Waals surface area contributed by atoms with Gasteiger partial charge >= 0.3 is 0 Å². The molecule has 0 fully saturated rings. The van der Waals surface area contributed by atoms with E-state index in [1.54, 1.807) is 20.4 Å². The van der Waals surface area contributed by atoms with Gasteiger partial charge in [-0.3, -0.25) is 4.68 Å². The van der Waals surface area contributed by atoms with Crippen molar-refractivity contribution in [1.29, 1.82) is 0 Å². The largest absolute Gasteiger partial charge is 0.494 e. The summed E-state index contributed by atoms with van der Waals surface area (Å²) in [6, 6.07) is 11.8. The maximum absolute atomic E-state index is 12.9. The fourth-order valence-electron chi connectivity index (χ4n) is 4.88. The summed E-state index contributed by atoms with van der Waals surface area (Å²) in [6.07, 6.45) is 5.40. The fraction of sp³-hybridized carbons (Fsp3) is 0.321. The van der Waals surface area contributed by atoms with Crippen LogP contribution in [0.4, 0.5) is 28.8 Å². The lowest BCUT2D eigenvalue weighted by atomic mass is 10.0. The summed E-state index contributed by atoms with van der Waals surface area (Å²) in [5.41, 5.74) is 6.99. The summed E-state index contributed by atoms with van der Waals surface area (Å²) in [5.74, 6) is 1.81. The van der Waals surface area contributed by atoms with E-state index in [-0.39, 0.29) is 0 Å². The zero-order chi connectivity index (χ0) is 27.0. The number of hydrogen-bond acceptors (Lipinski definition) is 8. The second kappa shape index (κ2) is 10.1. The van der Waals surface area contributed by atoms with Gasteiger partial charge in [-0.05, 0) is 37.9 Å². The van der Waals surface area contributed by atoms with Crippen molar-refractivity contribution in [2.75, 3.05) is 49.6 Å². The Morgan fingerprint density at radius 1 is 1.05 bits per heavy atom. The van der Waals surface area contributed by atoms with Gasteiger partial charge in [0.05, 0.1) is 24.7 Å². The van der Waals surface area contributed by atoms with Crippen LogP contribution in [-0.4, -0.2) is 53.8 Å². The summed E-state index contributed by atoms with van der Waals surface area (Å²) in [5, 5.41) is 12.1. The molecule has 4 aromatic rings. The predicted molar refractivity (Wildman–Crippen MR) is 156 cm³/mol. The average Bonchev–Trinajstić information content (AvgIpc) is 3.20. The van der Waals surface area contributed by atoms with Gasteiger partial charge in [-0.2, -0.15) is 10.1 Å².